The van der Waals surface area contributed by atoms with Gasteiger partial charge in [-0.05, 0) is 6.07 Å². The maximum absolute atomic E-state index is 11.8. The molecule has 7 heteroatoms. The average Bonchev–Trinajstić information content (AvgIpc) is 2.28. The molecule has 1 heterocycles. The van der Waals surface area contributed by atoms with Crippen LogP contribution >= 0.6 is 0 Å². The van der Waals surface area contributed by atoms with Gasteiger partial charge in [0.15, 0.2) is 0 Å². The third kappa shape index (κ3) is 3.40. The monoisotopic (exact) mass is 238 g/mol. The van der Waals surface area contributed by atoms with Crippen LogP contribution in [0.25, 0.3) is 0 Å². The Morgan fingerprint density at radius 2 is 1.94 bits per heavy atom. The van der Waals surface area contributed by atoms with E-state index >= 15 is 0 Å². The Morgan fingerprint density at radius 3 is 2.41 bits per heavy atom. The average molecular weight is 238 g/mol. The van der Waals surface area contributed by atoms with Crippen LogP contribution in [0.15, 0.2) is 16.9 Å². The highest BCUT2D eigenvalue weighted by atomic mass is 16.2. The quantitative estimate of drug-likeness (QED) is 0.726. The van der Waals surface area contributed by atoms with Crippen LogP contribution in [-0.2, 0) is 4.79 Å². The summed E-state index contributed by atoms with van der Waals surface area (Å²) < 4.78 is 0. The Bertz CT molecular complexity index is 460. The lowest BCUT2D eigenvalue weighted by molar-refractivity contribution is -0.129. The van der Waals surface area contributed by atoms with Crippen molar-refractivity contribution in [2.45, 2.75) is 0 Å². The van der Waals surface area contributed by atoms with Crippen molar-refractivity contribution in [3.8, 4) is 0 Å². The van der Waals surface area contributed by atoms with Crippen molar-refractivity contribution in [3.05, 3.63) is 28.2 Å². The minimum Gasteiger partial charge on any atom is -0.347 e. The van der Waals surface area contributed by atoms with Crippen LogP contribution in [0.1, 0.15) is 10.5 Å². The Kier molecular flexibility index (Phi) is 3.97. The lowest BCUT2D eigenvalue weighted by Gasteiger charge is -2.18. The van der Waals surface area contributed by atoms with E-state index in [2.05, 4.69) is 10.2 Å². The zero-order chi connectivity index (χ0) is 13.0. The molecule has 0 spiro atoms. The van der Waals surface area contributed by atoms with Gasteiger partial charge >= 0.3 is 0 Å². The van der Waals surface area contributed by atoms with Crippen LogP contribution in [0.4, 0.5) is 0 Å². The van der Waals surface area contributed by atoms with Gasteiger partial charge in [0.2, 0.25) is 5.91 Å². The molecule has 0 radical (unpaired) electrons. The second kappa shape index (κ2) is 5.24. The van der Waals surface area contributed by atoms with Gasteiger partial charge in [-0.3, -0.25) is 14.4 Å². The number of rotatable bonds is 3. The third-order valence-electron chi connectivity index (χ3n) is 2.12. The van der Waals surface area contributed by atoms with Gasteiger partial charge in [-0.1, -0.05) is 0 Å². The first-order valence-electron chi connectivity index (χ1n) is 4.93. The van der Waals surface area contributed by atoms with E-state index in [4.69, 9.17) is 0 Å². The molecule has 17 heavy (non-hydrogen) atoms. The van der Waals surface area contributed by atoms with Crippen molar-refractivity contribution in [1.29, 1.82) is 0 Å². The van der Waals surface area contributed by atoms with Crippen molar-refractivity contribution in [2.75, 3.05) is 27.7 Å². The zero-order valence-corrected chi connectivity index (χ0v) is 9.93. The van der Waals surface area contributed by atoms with Crippen molar-refractivity contribution in [1.82, 2.24) is 20.0 Å². The third-order valence-corrected chi connectivity index (χ3v) is 2.12. The molecule has 1 rings (SSSR count). The lowest BCUT2D eigenvalue weighted by Crippen LogP contribution is -2.38. The fourth-order valence-electron chi connectivity index (χ4n) is 1.08. The molecular formula is C10H14N4O3. The molecule has 0 bridgehead atoms. The molecule has 0 fully saturated rings. The summed E-state index contributed by atoms with van der Waals surface area (Å²) in [6, 6.07) is 2.53. The number of carbonyl (C=O) groups is 2. The van der Waals surface area contributed by atoms with Gasteiger partial charge in [0.05, 0.1) is 6.54 Å². The van der Waals surface area contributed by atoms with Gasteiger partial charge in [-0.15, -0.1) is 0 Å². The van der Waals surface area contributed by atoms with Gasteiger partial charge in [-0.25, -0.2) is 5.10 Å². The largest absolute Gasteiger partial charge is 0.347 e. The summed E-state index contributed by atoms with van der Waals surface area (Å²) in [5.74, 6) is -0.610. The predicted molar refractivity (Wildman–Crippen MR) is 60.5 cm³/mol. The summed E-state index contributed by atoms with van der Waals surface area (Å²) in [5.41, 5.74) is -0.285. The number of likely N-dealkylation sites (N-methyl/N-ethyl adjacent to an activating group) is 2. The van der Waals surface area contributed by atoms with E-state index in [9.17, 15) is 14.4 Å². The molecule has 92 valence electrons. The molecule has 0 aliphatic rings. The summed E-state index contributed by atoms with van der Waals surface area (Å²) in [4.78, 5) is 36.6. The molecule has 0 unspecified atom stereocenters. The Balaban J connectivity index is 2.73. The van der Waals surface area contributed by atoms with Crippen LogP contribution in [-0.4, -0.2) is 59.5 Å². The van der Waals surface area contributed by atoms with Gasteiger partial charge < -0.3 is 9.80 Å². The van der Waals surface area contributed by atoms with Crippen molar-refractivity contribution >= 4 is 11.8 Å². The van der Waals surface area contributed by atoms with Crippen LogP contribution in [0.2, 0.25) is 0 Å². The minimum absolute atomic E-state index is 0.0351. The van der Waals surface area contributed by atoms with Gasteiger partial charge in [0, 0.05) is 27.2 Å². The molecule has 0 aromatic carbocycles. The topological polar surface area (TPSA) is 86.4 Å². The molecule has 2 amide bonds. The fraction of sp³-hybridized carbons (Fsp3) is 0.400. The van der Waals surface area contributed by atoms with E-state index in [1.165, 1.54) is 29.0 Å². The summed E-state index contributed by atoms with van der Waals surface area (Å²) in [6.07, 6.45) is 0. The number of nitrogens with zero attached hydrogens (tertiary/aromatic N) is 3. The summed E-state index contributed by atoms with van der Waals surface area (Å²) >= 11 is 0. The van der Waals surface area contributed by atoms with Crippen LogP contribution in [0, 0.1) is 0 Å². The van der Waals surface area contributed by atoms with Gasteiger partial charge in [0.25, 0.3) is 11.5 Å². The lowest BCUT2D eigenvalue weighted by atomic mass is 10.3. The number of carbonyl (C=O) groups excluding carboxylic acids is 2. The Labute approximate surface area is 98.0 Å². The molecule has 0 saturated carbocycles. The van der Waals surface area contributed by atoms with E-state index in [0.29, 0.717) is 0 Å². The molecule has 1 aromatic heterocycles. The van der Waals surface area contributed by atoms with Gasteiger partial charge in [-0.2, -0.15) is 5.10 Å². The Hall–Kier alpha value is -2.18. The highest BCUT2D eigenvalue weighted by Crippen LogP contribution is 1.97. The standard InChI is InChI=1S/C10H14N4O3/c1-13(2)9(16)6-14(3)10(17)7-4-5-8(15)12-11-7/h4-5H,6H2,1-3H3,(H,12,15). The number of aromatic nitrogens is 2. The number of amides is 2. The predicted octanol–water partition coefficient (Wildman–Crippen LogP) is -1.07. The van der Waals surface area contributed by atoms with E-state index in [-0.39, 0.29) is 23.7 Å². The normalized spacial score (nSPS) is 9.82. The maximum atomic E-state index is 11.8. The molecule has 1 N–H and O–H groups in total. The molecule has 0 saturated heterocycles. The first-order chi connectivity index (χ1) is 7.91. The molecule has 1 aromatic rings. The van der Waals surface area contributed by atoms with E-state index in [1.807, 2.05) is 0 Å². The highest BCUT2D eigenvalue weighted by molar-refractivity contribution is 5.94. The highest BCUT2D eigenvalue weighted by Gasteiger charge is 2.16. The SMILES string of the molecule is CN(C)C(=O)CN(C)C(=O)c1ccc(=O)[nH]n1. The van der Waals surface area contributed by atoms with Crippen molar-refractivity contribution in [3.63, 3.8) is 0 Å². The number of nitrogens with one attached hydrogen (secondary N) is 1. The van der Waals surface area contributed by atoms with E-state index in [0.717, 1.165) is 0 Å². The number of hydrogen-bond acceptors (Lipinski definition) is 4. The maximum Gasteiger partial charge on any atom is 0.274 e. The number of hydrogen-bond donors (Lipinski definition) is 1. The van der Waals surface area contributed by atoms with Gasteiger partial charge in [0.1, 0.15) is 5.69 Å². The molecule has 0 aliphatic heterocycles. The summed E-state index contributed by atoms with van der Waals surface area (Å²) in [5, 5.41) is 5.76. The first kappa shape index (κ1) is 12.9. The van der Waals surface area contributed by atoms with Crippen molar-refractivity contribution < 1.29 is 9.59 Å². The van der Waals surface area contributed by atoms with E-state index in [1.54, 1.807) is 14.1 Å². The molecule has 7 nitrogen and oxygen atoms in total. The van der Waals surface area contributed by atoms with E-state index < -0.39 is 5.91 Å². The first-order valence-corrected chi connectivity index (χ1v) is 4.93. The zero-order valence-electron chi connectivity index (χ0n) is 9.93. The number of H-pyrrole nitrogens is 1. The molecule has 0 aliphatic carbocycles. The van der Waals surface area contributed by atoms with Crippen LogP contribution in [0.3, 0.4) is 0 Å². The second-order valence-electron chi connectivity index (χ2n) is 3.76. The summed E-state index contributed by atoms with van der Waals surface area (Å²) in [7, 11) is 4.72. The van der Waals surface area contributed by atoms with Crippen LogP contribution < -0.4 is 5.56 Å². The molecular weight excluding hydrogens is 224 g/mol. The molecule has 0 atom stereocenters. The smallest absolute Gasteiger partial charge is 0.274 e. The second-order valence-corrected chi connectivity index (χ2v) is 3.76. The summed E-state index contributed by atoms with van der Waals surface area (Å²) in [6.45, 7) is -0.0351. The number of aromatic amines is 1. The van der Waals surface area contributed by atoms with Crippen molar-refractivity contribution in [2.24, 2.45) is 0 Å². The Morgan fingerprint density at radius 1 is 1.29 bits per heavy atom. The van der Waals surface area contributed by atoms with Crippen LogP contribution in [0.5, 0.6) is 0 Å². The fourth-order valence-corrected chi connectivity index (χ4v) is 1.08. The minimum atomic E-state index is -0.420.